The Balaban J connectivity index is 1.91. The summed E-state index contributed by atoms with van der Waals surface area (Å²) < 4.78 is 5.66. The summed E-state index contributed by atoms with van der Waals surface area (Å²) in [6.07, 6.45) is -0.125. The molecule has 0 unspecified atom stereocenters. The number of anilines is 1. The Kier molecular flexibility index (Phi) is 5.98. The number of hydrogen-bond acceptors (Lipinski definition) is 4. The monoisotopic (exact) mass is 319 g/mol. The molecule has 0 saturated carbocycles. The van der Waals surface area contributed by atoms with Crippen molar-refractivity contribution >= 4 is 17.5 Å². The molecule has 0 aromatic heterocycles. The van der Waals surface area contributed by atoms with Crippen LogP contribution >= 0.6 is 0 Å². The van der Waals surface area contributed by atoms with Crippen LogP contribution in [0.1, 0.15) is 20.3 Å². The van der Waals surface area contributed by atoms with E-state index < -0.39 is 0 Å². The SMILES string of the molecule is CC(C)Oc1ccccc1NC(=O)CC(=O)N1CCN(C)CC1. The van der Waals surface area contributed by atoms with Gasteiger partial charge in [0.1, 0.15) is 12.2 Å². The van der Waals surface area contributed by atoms with Gasteiger partial charge in [-0.1, -0.05) is 12.1 Å². The predicted molar refractivity (Wildman–Crippen MR) is 89.5 cm³/mol. The number of piperazine rings is 1. The van der Waals surface area contributed by atoms with Crippen LogP contribution in [-0.4, -0.2) is 60.9 Å². The van der Waals surface area contributed by atoms with Gasteiger partial charge in [0.25, 0.3) is 0 Å². The number of rotatable bonds is 5. The Morgan fingerprint density at radius 3 is 2.48 bits per heavy atom. The highest BCUT2D eigenvalue weighted by atomic mass is 16.5. The number of nitrogens with one attached hydrogen (secondary N) is 1. The first-order valence-corrected chi connectivity index (χ1v) is 7.97. The number of benzene rings is 1. The van der Waals surface area contributed by atoms with Crippen molar-refractivity contribution < 1.29 is 14.3 Å². The second kappa shape index (κ2) is 7.97. The van der Waals surface area contributed by atoms with Crippen LogP contribution < -0.4 is 10.1 Å². The van der Waals surface area contributed by atoms with Gasteiger partial charge < -0.3 is 19.9 Å². The molecule has 1 N–H and O–H groups in total. The largest absolute Gasteiger partial charge is 0.489 e. The molecule has 1 saturated heterocycles. The summed E-state index contributed by atoms with van der Waals surface area (Å²) in [7, 11) is 2.03. The number of carbonyl (C=O) groups is 2. The molecule has 0 aliphatic carbocycles. The number of hydrogen-bond donors (Lipinski definition) is 1. The fourth-order valence-electron chi connectivity index (χ4n) is 2.43. The number of ether oxygens (including phenoxy) is 1. The van der Waals surface area contributed by atoms with E-state index in [1.165, 1.54) is 0 Å². The van der Waals surface area contributed by atoms with Crippen molar-refractivity contribution in [3.8, 4) is 5.75 Å². The lowest BCUT2D eigenvalue weighted by Gasteiger charge is -2.32. The maximum absolute atomic E-state index is 12.2. The Morgan fingerprint density at radius 1 is 1.17 bits per heavy atom. The minimum absolute atomic E-state index is 0.0139. The molecule has 1 aliphatic rings. The first-order chi connectivity index (χ1) is 11.0. The standard InChI is InChI=1S/C17H25N3O3/c1-13(2)23-15-7-5-4-6-14(15)18-16(21)12-17(22)20-10-8-19(3)9-11-20/h4-7,13H,8-12H2,1-3H3,(H,18,21). The van der Waals surface area contributed by atoms with Crippen molar-refractivity contribution in [1.82, 2.24) is 9.80 Å². The number of carbonyl (C=O) groups excluding carboxylic acids is 2. The topological polar surface area (TPSA) is 61.9 Å². The molecule has 1 aliphatic heterocycles. The summed E-state index contributed by atoms with van der Waals surface area (Å²) in [6.45, 7) is 6.90. The summed E-state index contributed by atoms with van der Waals surface area (Å²) in [5, 5.41) is 2.77. The molecule has 0 radical (unpaired) electrons. The summed E-state index contributed by atoms with van der Waals surface area (Å²) >= 11 is 0. The van der Waals surface area contributed by atoms with Crippen molar-refractivity contribution in [1.29, 1.82) is 0 Å². The Hall–Kier alpha value is -2.08. The van der Waals surface area contributed by atoms with E-state index in [1.54, 1.807) is 17.0 Å². The number of para-hydroxylation sites is 2. The molecule has 1 aromatic carbocycles. The van der Waals surface area contributed by atoms with Gasteiger partial charge in [-0.25, -0.2) is 0 Å². The van der Waals surface area contributed by atoms with Crippen LogP contribution in [0.15, 0.2) is 24.3 Å². The maximum atomic E-state index is 12.2. The van der Waals surface area contributed by atoms with Gasteiger partial charge in [0, 0.05) is 26.2 Å². The van der Waals surface area contributed by atoms with Crippen molar-refractivity contribution in [2.24, 2.45) is 0 Å². The van der Waals surface area contributed by atoms with Crippen LogP contribution in [0.2, 0.25) is 0 Å². The van der Waals surface area contributed by atoms with Crippen molar-refractivity contribution in [2.75, 3.05) is 38.5 Å². The third-order valence-corrected chi connectivity index (χ3v) is 3.69. The Bertz CT molecular complexity index is 552. The van der Waals surface area contributed by atoms with Gasteiger partial charge >= 0.3 is 0 Å². The second-order valence-corrected chi connectivity index (χ2v) is 6.07. The van der Waals surface area contributed by atoms with Crippen LogP contribution in [0.25, 0.3) is 0 Å². The average molecular weight is 319 g/mol. The molecule has 23 heavy (non-hydrogen) atoms. The van der Waals surface area contributed by atoms with E-state index in [2.05, 4.69) is 10.2 Å². The molecule has 2 amide bonds. The number of amides is 2. The zero-order valence-electron chi connectivity index (χ0n) is 14.0. The minimum atomic E-state index is -0.311. The Labute approximate surface area is 137 Å². The molecule has 1 fully saturated rings. The third kappa shape index (κ3) is 5.25. The van der Waals surface area contributed by atoms with E-state index in [-0.39, 0.29) is 24.3 Å². The van der Waals surface area contributed by atoms with Crippen LogP contribution in [-0.2, 0) is 9.59 Å². The van der Waals surface area contributed by atoms with Crippen molar-refractivity contribution in [2.45, 2.75) is 26.4 Å². The van der Waals surface area contributed by atoms with Crippen LogP contribution in [0.5, 0.6) is 5.75 Å². The molecule has 1 heterocycles. The smallest absolute Gasteiger partial charge is 0.233 e. The second-order valence-electron chi connectivity index (χ2n) is 6.07. The first kappa shape index (κ1) is 17.3. The van der Waals surface area contributed by atoms with Gasteiger partial charge in [-0.15, -0.1) is 0 Å². The highest BCUT2D eigenvalue weighted by molar-refractivity contribution is 6.04. The van der Waals surface area contributed by atoms with E-state index in [1.807, 2.05) is 33.0 Å². The lowest BCUT2D eigenvalue weighted by Crippen LogP contribution is -2.47. The molecule has 0 atom stereocenters. The third-order valence-electron chi connectivity index (χ3n) is 3.69. The predicted octanol–water partition coefficient (Wildman–Crippen LogP) is 1.58. The van der Waals surface area contributed by atoms with Gasteiger partial charge in [-0.05, 0) is 33.0 Å². The molecule has 2 rings (SSSR count). The molecular formula is C17H25N3O3. The molecule has 0 spiro atoms. The van der Waals surface area contributed by atoms with Gasteiger partial charge in [0.2, 0.25) is 11.8 Å². The molecule has 0 bridgehead atoms. The summed E-state index contributed by atoms with van der Waals surface area (Å²) in [6, 6.07) is 7.25. The highest BCUT2D eigenvalue weighted by Gasteiger charge is 2.21. The zero-order valence-corrected chi connectivity index (χ0v) is 14.0. The molecular weight excluding hydrogens is 294 g/mol. The van der Waals surface area contributed by atoms with Crippen molar-refractivity contribution in [3.05, 3.63) is 24.3 Å². The molecule has 1 aromatic rings. The van der Waals surface area contributed by atoms with E-state index in [4.69, 9.17) is 4.74 Å². The van der Waals surface area contributed by atoms with E-state index >= 15 is 0 Å². The van der Waals surface area contributed by atoms with Gasteiger partial charge in [0.15, 0.2) is 0 Å². The summed E-state index contributed by atoms with van der Waals surface area (Å²) in [5.41, 5.74) is 0.595. The quantitative estimate of drug-likeness (QED) is 0.837. The fraction of sp³-hybridized carbons (Fsp3) is 0.529. The van der Waals surface area contributed by atoms with Crippen LogP contribution in [0.3, 0.4) is 0 Å². The summed E-state index contributed by atoms with van der Waals surface area (Å²) in [5.74, 6) is 0.175. The van der Waals surface area contributed by atoms with E-state index in [0.717, 1.165) is 13.1 Å². The highest BCUT2D eigenvalue weighted by Crippen LogP contribution is 2.25. The molecule has 6 heteroatoms. The minimum Gasteiger partial charge on any atom is -0.489 e. The van der Waals surface area contributed by atoms with Gasteiger partial charge in [-0.2, -0.15) is 0 Å². The molecule has 126 valence electrons. The average Bonchev–Trinajstić information content (AvgIpc) is 2.49. The van der Waals surface area contributed by atoms with Gasteiger partial charge in [0.05, 0.1) is 11.8 Å². The van der Waals surface area contributed by atoms with Crippen LogP contribution in [0, 0.1) is 0 Å². The lowest BCUT2D eigenvalue weighted by molar-refractivity contribution is -0.135. The summed E-state index contributed by atoms with van der Waals surface area (Å²) in [4.78, 5) is 28.2. The van der Waals surface area contributed by atoms with Crippen molar-refractivity contribution in [3.63, 3.8) is 0 Å². The zero-order chi connectivity index (χ0) is 16.8. The fourth-order valence-corrected chi connectivity index (χ4v) is 2.43. The van der Waals surface area contributed by atoms with Gasteiger partial charge in [-0.3, -0.25) is 9.59 Å². The van der Waals surface area contributed by atoms with E-state index in [0.29, 0.717) is 24.5 Å². The van der Waals surface area contributed by atoms with Crippen LogP contribution in [0.4, 0.5) is 5.69 Å². The Morgan fingerprint density at radius 2 is 1.83 bits per heavy atom. The maximum Gasteiger partial charge on any atom is 0.233 e. The lowest BCUT2D eigenvalue weighted by atomic mass is 10.2. The number of likely N-dealkylation sites (N-methyl/N-ethyl adjacent to an activating group) is 1. The molecule has 6 nitrogen and oxygen atoms in total. The normalized spacial score (nSPS) is 15.6. The van der Waals surface area contributed by atoms with E-state index in [9.17, 15) is 9.59 Å². The first-order valence-electron chi connectivity index (χ1n) is 7.97. The number of nitrogens with zero attached hydrogens (tertiary/aromatic N) is 2.